The van der Waals surface area contributed by atoms with Gasteiger partial charge in [-0.1, -0.05) is 35.9 Å². The van der Waals surface area contributed by atoms with E-state index in [-0.39, 0.29) is 36.1 Å². The summed E-state index contributed by atoms with van der Waals surface area (Å²) in [6.07, 6.45) is 0. The maximum atomic E-state index is 13.3. The summed E-state index contributed by atoms with van der Waals surface area (Å²) in [4.78, 5) is 14.4. The van der Waals surface area contributed by atoms with Crippen molar-refractivity contribution >= 4 is 29.9 Å². The first-order valence-electron chi connectivity index (χ1n) is 7.54. The Balaban J connectivity index is 0.00000208. The first kappa shape index (κ1) is 18.7. The third kappa shape index (κ3) is 3.89. The van der Waals surface area contributed by atoms with Crippen LogP contribution in [0.3, 0.4) is 0 Å². The number of rotatable bonds is 4. The molecule has 1 aliphatic rings. The lowest BCUT2D eigenvalue weighted by molar-refractivity contribution is -0.137. The number of benzene rings is 2. The lowest BCUT2D eigenvalue weighted by atomic mass is 9.94. The van der Waals surface area contributed by atoms with E-state index in [9.17, 15) is 9.18 Å². The number of nitrogens with zero attached hydrogens (tertiary/aromatic N) is 1. The van der Waals surface area contributed by atoms with E-state index in [2.05, 4.69) is 5.32 Å². The summed E-state index contributed by atoms with van der Waals surface area (Å²) in [7, 11) is 1.79. The predicted molar refractivity (Wildman–Crippen MR) is 96.1 cm³/mol. The van der Waals surface area contributed by atoms with Crippen LogP contribution in [0.2, 0.25) is 5.02 Å². The van der Waals surface area contributed by atoms with Crippen LogP contribution in [0.4, 0.5) is 4.39 Å². The van der Waals surface area contributed by atoms with Gasteiger partial charge in [0.15, 0.2) is 0 Å². The highest BCUT2D eigenvalue weighted by atomic mass is 35.5. The summed E-state index contributed by atoms with van der Waals surface area (Å²) < 4.78 is 13.3. The molecule has 128 valence electrons. The zero-order valence-corrected chi connectivity index (χ0v) is 14.8. The number of amides is 1. The number of nitrogens with one attached hydrogen (secondary N) is 1. The van der Waals surface area contributed by atoms with Gasteiger partial charge in [0.1, 0.15) is 5.82 Å². The van der Waals surface area contributed by atoms with Crippen molar-refractivity contribution in [1.82, 2.24) is 10.2 Å². The highest BCUT2D eigenvalue weighted by Gasteiger charge is 2.32. The quantitative estimate of drug-likeness (QED) is 0.892. The van der Waals surface area contributed by atoms with Crippen LogP contribution in [-0.4, -0.2) is 30.9 Å². The van der Waals surface area contributed by atoms with Crippen LogP contribution in [0.5, 0.6) is 0 Å². The molecule has 0 aliphatic carbocycles. The van der Waals surface area contributed by atoms with E-state index < -0.39 is 0 Å². The van der Waals surface area contributed by atoms with Crippen LogP contribution in [0, 0.1) is 11.7 Å². The van der Waals surface area contributed by atoms with Crippen molar-refractivity contribution in [3.05, 3.63) is 70.5 Å². The molecule has 0 bridgehead atoms. The average molecular weight is 369 g/mol. The maximum Gasteiger partial charge on any atom is 0.228 e. The SMILES string of the molecule is CN(C(=O)C1CNC1)C(c1ccc(F)cc1)c1ccc(Cl)cc1.Cl. The third-order valence-corrected chi connectivity index (χ3v) is 4.49. The molecular weight excluding hydrogens is 350 g/mol. The second-order valence-corrected chi connectivity index (χ2v) is 6.25. The number of carbonyl (C=O) groups is 1. The number of hydrogen-bond acceptors (Lipinski definition) is 2. The topological polar surface area (TPSA) is 32.3 Å². The fourth-order valence-corrected chi connectivity index (χ4v) is 2.93. The summed E-state index contributed by atoms with van der Waals surface area (Å²) in [6, 6.07) is 13.4. The predicted octanol–water partition coefficient (Wildman–Crippen LogP) is 3.67. The molecule has 1 atom stereocenters. The molecule has 1 amide bonds. The van der Waals surface area contributed by atoms with Gasteiger partial charge in [0.05, 0.1) is 12.0 Å². The molecule has 3 nitrogen and oxygen atoms in total. The van der Waals surface area contributed by atoms with Gasteiger partial charge in [-0.25, -0.2) is 4.39 Å². The number of carbonyl (C=O) groups excluding carboxylic acids is 1. The van der Waals surface area contributed by atoms with E-state index >= 15 is 0 Å². The molecule has 0 aromatic heterocycles. The molecule has 3 rings (SSSR count). The Hall–Kier alpha value is -1.62. The molecule has 1 N–H and O–H groups in total. The lowest BCUT2D eigenvalue weighted by Crippen LogP contribution is -2.51. The Labute approximate surface area is 152 Å². The summed E-state index contributed by atoms with van der Waals surface area (Å²) in [5.41, 5.74) is 1.82. The maximum absolute atomic E-state index is 13.3. The average Bonchev–Trinajstić information content (AvgIpc) is 2.49. The minimum Gasteiger partial charge on any atom is -0.334 e. The van der Waals surface area contributed by atoms with Crippen molar-refractivity contribution in [3.8, 4) is 0 Å². The fraction of sp³-hybridized carbons (Fsp3) is 0.278. The van der Waals surface area contributed by atoms with Crippen molar-refractivity contribution in [2.45, 2.75) is 6.04 Å². The Morgan fingerprint density at radius 1 is 1.12 bits per heavy atom. The highest BCUT2D eigenvalue weighted by molar-refractivity contribution is 6.30. The normalized spacial score (nSPS) is 15.1. The number of hydrogen-bond donors (Lipinski definition) is 1. The van der Waals surface area contributed by atoms with Gasteiger partial charge in [-0.2, -0.15) is 0 Å². The Morgan fingerprint density at radius 3 is 2.08 bits per heavy atom. The molecule has 2 aromatic carbocycles. The summed E-state index contributed by atoms with van der Waals surface area (Å²) in [5.74, 6) is -0.191. The largest absolute Gasteiger partial charge is 0.334 e. The van der Waals surface area contributed by atoms with Crippen LogP contribution in [-0.2, 0) is 4.79 Å². The lowest BCUT2D eigenvalue weighted by Gasteiger charge is -2.35. The summed E-state index contributed by atoms with van der Waals surface area (Å²) in [5, 5.41) is 3.76. The minimum atomic E-state index is -0.291. The summed E-state index contributed by atoms with van der Waals surface area (Å²) in [6.45, 7) is 1.42. The smallest absolute Gasteiger partial charge is 0.228 e. The molecule has 1 unspecified atom stereocenters. The van der Waals surface area contributed by atoms with Gasteiger partial charge in [0, 0.05) is 25.2 Å². The van der Waals surface area contributed by atoms with E-state index in [4.69, 9.17) is 11.6 Å². The van der Waals surface area contributed by atoms with E-state index in [0.29, 0.717) is 18.1 Å². The van der Waals surface area contributed by atoms with E-state index in [0.717, 1.165) is 11.1 Å². The second-order valence-electron chi connectivity index (χ2n) is 5.81. The molecular formula is C18H19Cl2FN2O. The van der Waals surface area contributed by atoms with Crippen LogP contribution in [0.25, 0.3) is 0 Å². The standard InChI is InChI=1S/C18H18ClFN2O.ClH/c1-22(18(23)14-10-21-11-14)17(12-2-6-15(19)7-3-12)13-4-8-16(20)9-5-13;/h2-9,14,17,21H,10-11H2,1H3;1H. The zero-order valence-electron chi connectivity index (χ0n) is 13.2. The number of halogens is 3. The summed E-state index contributed by atoms with van der Waals surface area (Å²) >= 11 is 5.97. The molecule has 6 heteroatoms. The van der Waals surface area contributed by atoms with Crippen molar-refractivity contribution < 1.29 is 9.18 Å². The Kier molecular flexibility index (Phi) is 6.21. The molecule has 24 heavy (non-hydrogen) atoms. The van der Waals surface area contributed by atoms with Gasteiger partial charge in [-0.3, -0.25) is 4.79 Å². The van der Waals surface area contributed by atoms with Crippen molar-refractivity contribution in [3.63, 3.8) is 0 Å². The minimum absolute atomic E-state index is 0. The molecule has 1 aliphatic heterocycles. The molecule has 0 spiro atoms. The van der Waals surface area contributed by atoms with Gasteiger partial charge in [-0.05, 0) is 35.4 Å². The second kappa shape index (κ2) is 7.97. The van der Waals surface area contributed by atoms with Gasteiger partial charge in [0.25, 0.3) is 0 Å². The van der Waals surface area contributed by atoms with Crippen molar-refractivity contribution in [2.75, 3.05) is 20.1 Å². The molecule has 1 heterocycles. The van der Waals surface area contributed by atoms with E-state index in [1.54, 1.807) is 36.2 Å². The fourth-order valence-electron chi connectivity index (χ4n) is 2.81. The van der Waals surface area contributed by atoms with E-state index in [1.165, 1.54) is 12.1 Å². The van der Waals surface area contributed by atoms with Crippen LogP contribution < -0.4 is 5.32 Å². The molecule has 0 saturated carbocycles. The first-order valence-corrected chi connectivity index (χ1v) is 7.92. The van der Waals surface area contributed by atoms with Crippen molar-refractivity contribution in [2.24, 2.45) is 5.92 Å². The van der Waals surface area contributed by atoms with Crippen LogP contribution >= 0.6 is 24.0 Å². The van der Waals surface area contributed by atoms with Crippen LogP contribution in [0.15, 0.2) is 48.5 Å². The molecule has 1 saturated heterocycles. The van der Waals surface area contributed by atoms with Crippen LogP contribution in [0.1, 0.15) is 17.2 Å². The van der Waals surface area contributed by atoms with E-state index in [1.807, 2.05) is 12.1 Å². The first-order chi connectivity index (χ1) is 11.1. The van der Waals surface area contributed by atoms with Crippen molar-refractivity contribution in [1.29, 1.82) is 0 Å². The highest BCUT2D eigenvalue weighted by Crippen LogP contribution is 2.30. The molecule has 2 aromatic rings. The van der Waals surface area contributed by atoms with Gasteiger partial charge in [-0.15, -0.1) is 12.4 Å². The van der Waals surface area contributed by atoms with Gasteiger partial charge >= 0.3 is 0 Å². The zero-order chi connectivity index (χ0) is 16.4. The van der Waals surface area contributed by atoms with Gasteiger partial charge in [0.2, 0.25) is 5.91 Å². The third-order valence-electron chi connectivity index (χ3n) is 4.24. The Bertz CT molecular complexity index is 642. The van der Waals surface area contributed by atoms with Gasteiger partial charge < -0.3 is 10.2 Å². The monoisotopic (exact) mass is 368 g/mol. The molecule has 0 radical (unpaired) electrons. The molecule has 1 fully saturated rings. The Morgan fingerprint density at radius 2 is 1.62 bits per heavy atom.